The lowest BCUT2D eigenvalue weighted by atomic mass is 10.2. The van der Waals surface area contributed by atoms with E-state index in [4.69, 9.17) is 11.6 Å². The Hall–Kier alpha value is -1.27. The van der Waals surface area contributed by atoms with Gasteiger partial charge in [0.1, 0.15) is 5.82 Å². The van der Waals surface area contributed by atoms with Crippen molar-refractivity contribution < 1.29 is 9.50 Å². The van der Waals surface area contributed by atoms with Gasteiger partial charge >= 0.3 is 0 Å². The number of para-hydroxylation sites is 1. The lowest BCUT2D eigenvalue weighted by Crippen LogP contribution is -2.49. The van der Waals surface area contributed by atoms with Crippen LogP contribution in [0.1, 0.15) is 0 Å². The average molecular weight is 381 g/mol. The number of hydrogen-bond donors (Lipinski definition) is 1. The van der Waals surface area contributed by atoms with Crippen molar-refractivity contribution in [2.45, 2.75) is 11.0 Å². The highest BCUT2D eigenvalue weighted by molar-refractivity contribution is 7.99. The molecule has 2 aromatic rings. The predicted molar refractivity (Wildman–Crippen MR) is 103 cm³/mol. The van der Waals surface area contributed by atoms with E-state index in [1.807, 2.05) is 36.4 Å². The number of piperazine rings is 1. The zero-order chi connectivity index (χ0) is 17.6. The molecular formula is C19H22ClFN2OS. The van der Waals surface area contributed by atoms with Gasteiger partial charge in [0.25, 0.3) is 0 Å². The second-order valence-electron chi connectivity index (χ2n) is 6.16. The Kier molecular flexibility index (Phi) is 6.59. The number of β-amino-alcohol motifs (C(OH)–C–C–N with tert-alkyl or cyclic N) is 1. The molecule has 0 saturated carbocycles. The van der Waals surface area contributed by atoms with Gasteiger partial charge in [0.2, 0.25) is 0 Å². The van der Waals surface area contributed by atoms with Crippen LogP contribution < -0.4 is 4.90 Å². The smallest absolute Gasteiger partial charge is 0.146 e. The molecule has 1 atom stereocenters. The van der Waals surface area contributed by atoms with Crippen molar-refractivity contribution in [3.63, 3.8) is 0 Å². The first kappa shape index (κ1) is 18.5. The molecule has 0 amide bonds. The summed E-state index contributed by atoms with van der Waals surface area (Å²) < 4.78 is 13.9. The van der Waals surface area contributed by atoms with Crippen LogP contribution in [0.15, 0.2) is 53.4 Å². The lowest BCUT2D eigenvalue weighted by molar-refractivity contribution is 0.126. The molecular weight excluding hydrogens is 359 g/mol. The highest BCUT2D eigenvalue weighted by atomic mass is 35.5. The number of benzene rings is 2. The minimum atomic E-state index is -0.388. The summed E-state index contributed by atoms with van der Waals surface area (Å²) in [5.41, 5.74) is 0.668. The lowest BCUT2D eigenvalue weighted by Gasteiger charge is -2.37. The first-order chi connectivity index (χ1) is 12.1. The maximum atomic E-state index is 13.9. The van der Waals surface area contributed by atoms with E-state index in [1.54, 1.807) is 17.8 Å². The topological polar surface area (TPSA) is 26.7 Å². The fourth-order valence-corrected chi connectivity index (χ4v) is 3.90. The number of thioether (sulfide) groups is 1. The van der Waals surface area contributed by atoms with Crippen LogP contribution in [-0.4, -0.2) is 54.6 Å². The number of hydrogen-bond acceptors (Lipinski definition) is 4. The van der Waals surface area contributed by atoms with Crippen molar-refractivity contribution in [3.8, 4) is 0 Å². The Morgan fingerprint density at radius 2 is 1.72 bits per heavy atom. The van der Waals surface area contributed by atoms with E-state index in [0.717, 1.165) is 36.1 Å². The van der Waals surface area contributed by atoms with E-state index in [9.17, 15) is 9.50 Å². The first-order valence-electron chi connectivity index (χ1n) is 8.40. The third-order valence-electron chi connectivity index (χ3n) is 4.29. The van der Waals surface area contributed by atoms with Crippen LogP contribution in [0.25, 0.3) is 0 Å². The summed E-state index contributed by atoms with van der Waals surface area (Å²) in [5, 5.41) is 11.0. The molecule has 1 aliphatic heterocycles. The van der Waals surface area contributed by atoms with E-state index < -0.39 is 0 Å². The van der Waals surface area contributed by atoms with Gasteiger partial charge in [-0.3, -0.25) is 4.90 Å². The minimum absolute atomic E-state index is 0.171. The van der Waals surface area contributed by atoms with Crippen molar-refractivity contribution in [1.82, 2.24) is 4.90 Å². The predicted octanol–water partition coefficient (Wildman–Crippen LogP) is 3.75. The van der Waals surface area contributed by atoms with Crippen LogP contribution in [0, 0.1) is 5.82 Å². The van der Waals surface area contributed by atoms with E-state index in [-0.39, 0.29) is 11.9 Å². The molecule has 0 spiro atoms. The SMILES string of the molecule is O[C@@H](CSc1ccc(Cl)cc1)CN1CCN(c2ccccc2F)CC1. The average Bonchev–Trinajstić information content (AvgIpc) is 2.62. The highest BCUT2D eigenvalue weighted by Crippen LogP contribution is 2.22. The zero-order valence-corrected chi connectivity index (χ0v) is 15.5. The van der Waals surface area contributed by atoms with Gasteiger partial charge in [-0.05, 0) is 36.4 Å². The molecule has 1 heterocycles. The summed E-state index contributed by atoms with van der Waals surface area (Å²) >= 11 is 7.51. The van der Waals surface area contributed by atoms with Gasteiger partial charge in [0.15, 0.2) is 0 Å². The van der Waals surface area contributed by atoms with Crippen molar-refractivity contribution in [1.29, 1.82) is 0 Å². The van der Waals surface area contributed by atoms with E-state index >= 15 is 0 Å². The van der Waals surface area contributed by atoms with Crippen LogP contribution in [0.3, 0.4) is 0 Å². The fourth-order valence-electron chi connectivity index (χ4n) is 2.95. The van der Waals surface area contributed by atoms with Crippen molar-refractivity contribution >= 4 is 29.1 Å². The molecule has 0 bridgehead atoms. The maximum absolute atomic E-state index is 13.9. The molecule has 134 valence electrons. The second kappa shape index (κ2) is 8.90. The standard InChI is InChI=1S/C19H22ClFN2OS/c20-15-5-7-17(8-6-15)25-14-16(24)13-22-9-11-23(12-10-22)19-4-2-1-3-18(19)21/h1-8,16,24H,9-14H2/t16-/m1/s1. The highest BCUT2D eigenvalue weighted by Gasteiger charge is 2.21. The number of aliphatic hydroxyl groups is 1. The Balaban J connectivity index is 1.42. The molecule has 0 radical (unpaired) electrons. The summed E-state index contributed by atoms with van der Waals surface area (Å²) in [5.74, 6) is 0.477. The van der Waals surface area contributed by atoms with Gasteiger partial charge in [0, 0.05) is 48.4 Å². The second-order valence-corrected chi connectivity index (χ2v) is 7.69. The van der Waals surface area contributed by atoms with Crippen molar-refractivity contribution in [2.24, 2.45) is 0 Å². The van der Waals surface area contributed by atoms with Crippen LogP contribution in [0.2, 0.25) is 5.02 Å². The van der Waals surface area contributed by atoms with Crippen LogP contribution in [0.5, 0.6) is 0 Å². The Bertz CT molecular complexity index is 677. The van der Waals surface area contributed by atoms with Gasteiger partial charge < -0.3 is 10.0 Å². The van der Waals surface area contributed by atoms with Crippen LogP contribution >= 0.6 is 23.4 Å². The molecule has 3 nitrogen and oxygen atoms in total. The quantitative estimate of drug-likeness (QED) is 0.772. The molecule has 0 unspecified atom stereocenters. The molecule has 3 rings (SSSR count). The molecule has 6 heteroatoms. The molecule has 1 saturated heterocycles. The number of halogens is 2. The van der Waals surface area contributed by atoms with E-state index in [1.165, 1.54) is 6.07 Å². The summed E-state index contributed by atoms with van der Waals surface area (Å²) in [6, 6.07) is 14.5. The third-order valence-corrected chi connectivity index (χ3v) is 5.70. The zero-order valence-electron chi connectivity index (χ0n) is 13.9. The number of nitrogens with zero attached hydrogens (tertiary/aromatic N) is 2. The Labute approximate surface area is 157 Å². The first-order valence-corrected chi connectivity index (χ1v) is 9.76. The number of aliphatic hydroxyl groups excluding tert-OH is 1. The monoisotopic (exact) mass is 380 g/mol. The van der Waals surface area contributed by atoms with E-state index in [0.29, 0.717) is 18.0 Å². The summed E-state index contributed by atoms with van der Waals surface area (Å²) in [6.45, 7) is 3.86. The summed E-state index contributed by atoms with van der Waals surface area (Å²) in [4.78, 5) is 5.42. The van der Waals surface area contributed by atoms with Crippen LogP contribution in [-0.2, 0) is 0 Å². The molecule has 1 fully saturated rings. The fraction of sp³-hybridized carbons (Fsp3) is 0.368. The van der Waals surface area contributed by atoms with Gasteiger partial charge in [-0.15, -0.1) is 11.8 Å². The Morgan fingerprint density at radius 3 is 2.40 bits per heavy atom. The number of rotatable bonds is 6. The van der Waals surface area contributed by atoms with Gasteiger partial charge in [-0.2, -0.15) is 0 Å². The molecule has 25 heavy (non-hydrogen) atoms. The normalized spacial score (nSPS) is 16.8. The third kappa shape index (κ3) is 5.35. The molecule has 1 N–H and O–H groups in total. The largest absolute Gasteiger partial charge is 0.391 e. The van der Waals surface area contributed by atoms with Gasteiger partial charge in [-0.1, -0.05) is 23.7 Å². The molecule has 1 aliphatic rings. The minimum Gasteiger partial charge on any atom is -0.391 e. The van der Waals surface area contributed by atoms with Crippen LogP contribution in [0.4, 0.5) is 10.1 Å². The van der Waals surface area contributed by atoms with Crippen molar-refractivity contribution in [2.75, 3.05) is 43.4 Å². The van der Waals surface area contributed by atoms with Gasteiger partial charge in [0.05, 0.1) is 11.8 Å². The van der Waals surface area contributed by atoms with Gasteiger partial charge in [-0.25, -0.2) is 4.39 Å². The summed E-state index contributed by atoms with van der Waals surface area (Å²) in [6.07, 6.45) is -0.388. The molecule has 2 aromatic carbocycles. The molecule has 0 aliphatic carbocycles. The Morgan fingerprint density at radius 1 is 1.04 bits per heavy atom. The van der Waals surface area contributed by atoms with Crippen molar-refractivity contribution in [3.05, 3.63) is 59.4 Å². The summed E-state index contributed by atoms with van der Waals surface area (Å²) in [7, 11) is 0. The maximum Gasteiger partial charge on any atom is 0.146 e. The molecule has 0 aromatic heterocycles. The van der Waals surface area contributed by atoms with E-state index in [2.05, 4.69) is 9.80 Å². The number of anilines is 1.